The molecular weight excluding hydrogens is 456 g/mol. The highest BCUT2D eigenvalue weighted by molar-refractivity contribution is 7.86. The molecular formula is C26H36O7S. The maximum Gasteiger partial charge on any atom is 0.296 e. The molecule has 0 spiro atoms. The minimum atomic E-state index is -3.90. The van der Waals surface area contributed by atoms with Gasteiger partial charge in [-0.05, 0) is 37.6 Å². The van der Waals surface area contributed by atoms with Crippen molar-refractivity contribution in [1.29, 1.82) is 0 Å². The Morgan fingerprint density at radius 1 is 1.12 bits per heavy atom. The molecule has 0 unspecified atom stereocenters. The van der Waals surface area contributed by atoms with E-state index < -0.39 is 22.5 Å². The largest absolute Gasteiger partial charge is 0.497 e. The van der Waals surface area contributed by atoms with Crippen molar-refractivity contribution < 1.29 is 31.9 Å². The maximum absolute atomic E-state index is 12.6. The van der Waals surface area contributed by atoms with E-state index in [-0.39, 0.29) is 35.4 Å². The van der Waals surface area contributed by atoms with Crippen LogP contribution in [0.15, 0.2) is 53.4 Å². The fraction of sp³-hybridized carbons (Fsp3) is 0.538. The molecule has 34 heavy (non-hydrogen) atoms. The maximum atomic E-state index is 12.6. The highest BCUT2D eigenvalue weighted by atomic mass is 32.2. The number of aliphatic hydroxyl groups excluding tert-OH is 1. The van der Waals surface area contributed by atoms with Crippen molar-refractivity contribution in [2.24, 2.45) is 17.8 Å². The lowest BCUT2D eigenvalue weighted by Gasteiger charge is -2.41. The first kappa shape index (κ1) is 26.6. The van der Waals surface area contributed by atoms with E-state index >= 15 is 0 Å². The first-order chi connectivity index (χ1) is 16.2. The Bertz CT molecular complexity index is 1000. The van der Waals surface area contributed by atoms with Crippen molar-refractivity contribution in [3.8, 4) is 5.75 Å². The monoisotopic (exact) mass is 492 g/mol. The zero-order valence-corrected chi connectivity index (χ0v) is 21.3. The number of aryl methyl sites for hydroxylation is 1. The van der Waals surface area contributed by atoms with Crippen LogP contribution in [0.3, 0.4) is 0 Å². The Morgan fingerprint density at radius 2 is 1.76 bits per heavy atom. The number of hydrogen-bond donors (Lipinski definition) is 1. The van der Waals surface area contributed by atoms with E-state index in [0.717, 1.165) is 16.9 Å². The molecule has 2 aromatic carbocycles. The molecule has 0 amide bonds. The summed E-state index contributed by atoms with van der Waals surface area (Å²) in [5, 5.41) is 11.2. The molecule has 1 heterocycles. The van der Waals surface area contributed by atoms with Gasteiger partial charge in [-0.2, -0.15) is 8.42 Å². The number of ether oxygens (including phenoxy) is 3. The van der Waals surface area contributed by atoms with Crippen LogP contribution in [-0.4, -0.2) is 46.1 Å². The second kappa shape index (κ2) is 11.6. The first-order valence-electron chi connectivity index (χ1n) is 11.7. The van der Waals surface area contributed by atoms with Crippen molar-refractivity contribution in [3.05, 3.63) is 59.7 Å². The highest BCUT2D eigenvalue weighted by Gasteiger charge is 2.39. The van der Waals surface area contributed by atoms with E-state index in [1.807, 2.05) is 52.0 Å². The van der Waals surface area contributed by atoms with Gasteiger partial charge in [0.2, 0.25) is 0 Å². The third kappa shape index (κ3) is 6.37. The Balaban J connectivity index is 1.65. The minimum absolute atomic E-state index is 0.0638. The third-order valence-corrected chi connectivity index (χ3v) is 7.85. The van der Waals surface area contributed by atoms with Gasteiger partial charge in [-0.25, -0.2) is 0 Å². The van der Waals surface area contributed by atoms with Gasteiger partial charge in [-0.3, -0.25) is 4.18 Å². The second-order valence-electron chi connectivity index (χ2n) is 9.09. The molecule has 0 bridgehead atoms. The number of rotatable bonds is 10. The summed E-state index contributed by atoms with van der Waals surface area (Å²) in [5.41, 5.74) is 1.84. The van der Waals surface area contributed by atoms with Gasteiger partial charge in [0.05, 0.1) is 37.4 Å². The first-order valence-corrected chi connectivity index (χ1v) is 13.1. The predicted octanol–water partition coefficient (Wildman–Crippen LogP) is 4.48. The van der Waals surface area contributed by atoms with Crippen LogP contribution in [0.2, 0.25) is 0 Å². The van der Waals surface area contributed by atoms with Crippen molar-refractivity contribution in [2.45, 2.75) is 57.5 Å². The zero-order chi connectivity index (χ0) is 24.9. The molecule has 1 aliphatic rings. The van der Waals surface area contributed by atoms with Crippen molar-refractivity contribution in [1.82, 2.24) is 0 Å². The molecule has 1 fully saturated rings. The Morgan fingerprint density at radius 3 is 2.35 bits per heavy atom. The van der Waals surface area contributed by atoms with Gasteiger partial charge in [0, 0.05) is 23.3 Å². The lowest BCUT2D eigenvalue weighted by Crippen LogP contribution is -2.45. The van der Waals surface area contributed by atoms with Crippen LogP contribution < -0.4 is 4.74 Å². The van der Waals surface area contributed by atoms with E-state index in [1.165, 1.54) is 12.1 Å². The quantitative estimate of drug-likeness (QED) is 0.489. The van der Waals surface area contributed by atoms with Gasteiger partial charge in [0.15, 0.2) is 6.29 Å². The van der Waals surface area contributed by atoms with Crippen molar-refractivity contribution in [3.63, 3.8) is 0 Å². The molecule has 0 saturated carbocycles. The average Bonchev–Trinajstić information content (AvgIpc) is 2.84. The van der Waals surface area contributed by atoms with Crippen molar-refractivity contribution >= 4 is 10.1 Å². The molecule has 0 radical (unpaired) electrons. The Hall–Kier alpha value is -1.97. The molecule has 188 valence electrons. The normalized spacial score (nSPS) is 23.8. The van der Waals surface area contributed by atoms with E-state index in [4.69, 9.17) is 18.4 Å². The summed E-state index contributed by atoms with van der Waals surface area (Å²) < 4.78 is 47.9. The smallest absolute Gasteiger partial charge is 0.296 e. The summed E-state index contributed by atoms with van der Waals surface area (Å²) >= 11 is 0. The topological polar surface area (TPSA) is 91.3 Å². The Kier molecular flexibility index (Phi) is 9.12. The van der Waals surface area contributed by atoms with Gasteiger partial charge >= 0.3 is 0 Å². The van der Waals surface area contributed by atoms with Crippen LogP contribution >= 0.6 is 0 Å². The molecule has 7 nitrogen and oxygen atoms in total. The van der Waals surface area contributed by atoms with Gasteiger partial charge in [-0.15, -0.1) is 0 Å². The molecule has 0 aromatic heterocycles. The van der Waals surface area contributed by atoms with Crippen LogP contribution in [0.1, 0.15) is 44.6 Å². The van der Waals surface area contributed by atoms with Gasteiger partial charge in [-0.1, -0.05) is 50.6 Å². The molecule has 3 rings (SSSR count). The number of hydrogen-bond acceptors (Lipinski definition) is 7. The van der Waals surface area contributed by atoms with Crippen LogP contribution in [0.5, 0.6) is 5.75 Å². The summed E-state index contributed by atoms with van der Waals surface area (Å²) in [7, 11) is -2.29. The van der Waals surface area contributed by atoms with Gasteiger partial charge < -0.3 is 19.3 Å². The molecule has 6 atom stereocenters. The minimum Gasteiger partial charge on any atom is -0.497 e. The fourth-order valence-corrected chi connectivity index (χ4v) is 5.22. The molecule has 0 aliphatic carbocycles. The summed E-state index contributed by atoms with van der Waals surface area (Å²) in [5.74, 6) is 0.192. The number of methoxy groups -OCH3 is 1. The van der Waals surface area contributed by atoms with Gasteiger partial charge in [0.1, 0.15) is 5.75 Å². The Labute approximate surface area is 203 Å². The van der Waals surface area contributed by atoms with Crippen LogP contribution in [-0.2, 0) is 23.8 Å². The molecule has 1 N–H and O–H groups in total. The van der Waals surface area contributed by atoms with Crippen LogP contribution in [0.4, 0.5) is 0 Å². The summed E-state index contributed by atoms with van der Waals surface area (Å²) in [6, 6.07) is 14.0. The van der Waals surface area contributed by atoms with Crippen LogP contribution in [0, 0.1) is 24.7 Å². The zero-order valence-electron chi connectivity index (χ0n) is 20.5. The summed E-state index contributed by atoms with van der Waals surface area (Å²) in [6.07, 6.45) is -1.05. The summed E-state index contributed by atoms with van der Waals surface area (Å²) in [4.78, 5) is 0.110. The highest BCUT2D eigenvalue weighted by Crippen LogP contribution is 2.36. The molecule has 1 aliphatic heterocycles. The fourth-order valence-electron chi connectivity index (χ4n) is 4.26. The van der Waals surface area contributed by atoms with Gasteiger partial charge in [0.25, 0.3) is 10.1 Å². The number of benzene rings is 2. The lowest BCUT2D eigenvalue weighted by atomic mass is 9.82. The third-order valence-electron chi connectivity index (χ3n) is 6.55. The van der Waals surface area contributed by atoms with E-state index in [1.54, 1.807) is 19.2 Å². The lowest BCUT2D eigenvalue weighted by molar-refractivity contribution is -0.257. The van der Waals surface area contributed by atoms with Crippen LogP contribution in [0.25, 0.3) is 0 Å². The second-order valence-corrected chi connectivity index (χ2v) is 10.7. The van der Waals surface area contributed by atoms with E-state index in [9.17, 15) is 13.5 Å². The van der Waals surface area contributed by atoms with E-state index in [0.29, 0.717) is 13.0 Å². The van der Waals surface area contributed by atoms with Crippen molar-refractivity contribution in [2.75, 3.05) is 20.3 Å². The number of aliphatic hydroxyl groups is 1. The molecule has 1 saturated heterocycles. The summed E-state index contributed by atoms with van der Waals surface area (Å²) in [6.45, 7) is 8.15. The molecule has 8 heteroatoms. The predicted molar refractivity (Wildman–Crippen MR) is 129 cm³/mol. The SMILES string of the molecule is CC[C@H](COS(=O)(=O)c1ccc(C)cc1)[C@@H](O)[C@H](C)[C@H]1O[C@@H](c2ccc(OC)cc2)OC[C@H]1C. The van der Waals surface area contributed by atoms with E-state index in [2.05, 4.69) is 0 Å². The molecule has 2 aromatic rings. The standard InChI is InChI=1S/C26H36O7S/c1-6-20(16-32-34(28,29)23-13-7-17(2)8-14-23)24(27)19(4)25-18(3)15-31-26(33-25)21-9-11-22(30-5)12-10-21/h7-14,18-20,24-27H,6,15-16H2,1-5H3/t18-,19+,20-,24+,25+,26+/m1/s1. The average molecular weight is 493 g/mol.